The quantitative estimate of drug-likeness (QED) is 0.176. The number of methoxy groups -OCH3 is 2. The monoisotopic (exact) mass is 524 g/mol. The van der Waals surface area contributed by atoms with Gasteiger partial charge in [-0.1, -0.05) is 36.9 Å². The normalized spacial score (nSPS) is 10.4. The molecule has 0 atom stereocenters. The molecule has 0 unspecified atom stereocenters. The van der Waals surface area contributed by atoms with Crippen LogP contribution < -0.4 is 9.47 Å². The number of alkyl halides is 3. The first-order chi connectivity index (χ1) is 17.6. The van der Waals surface area contributed by atoms with Gasteiger partial charge in [-0.3, -0.25) is 9.59 Å². The maximum Gasteiger partial charge on any atom is 0.389 e. The highest BCUT2D eigenvalue weighted by atomic mass is 19.4. The molecule has 6 nitrogen and oxygen atoms in total. The van der Waals surface area contributed by atoms with Crippen LogP contribution in [-0.4, -0.2) is 52.8 Å². The van der Waals surface area contributed by atoms with Crippen LogP contribution in [0.2, 0.25) is 0 Å². The number of hydrogen-bond acceptors (Lipinski definition) is 6. The zero-order valence-electron chi connectivity index (χ0n) is 21.5. The van der Waals surface area contributed by atoms with Crippen molar-refractivity contribution in [3.8, 4) is 11.5 Å². The van der Waals surface area contributed by atoms with Gasteiger partial charge in [-0.2, -0.15) is 13.2 Å². The molecule has 0 aliphatic heterocycles. The lowest BCUT2D eigenvalue weighted by molar-refractivity contribution is -0.136. The van der Waals surface area contributed by atoms with Gasteiger partial charge in [0, 0.05) is 20.6 Å². The van der Waals surface area contributed by atoms with Crippen LogP contribution >= 0.6 is 0 Å². The van der Waals surface area contributed by atoms with Crippen LogP contribution in [0.4, 0.5) is 13.2 Å². The summed E-state index contributed by atoms with van der Waals surface area (Å²) in [6, 6.07) is 14.3. The molecule has 9 heteroatoms. The number of hydrogen-bond donors (Lipinski definition) is 0. The third-order valence-corrected chi connectivity index (χ3v) is 4.14. The molecule has 0 heterocycles. The van der Waals surface area contributed by atoms with Gasteiger partial charge in [0.05, 0.1) is 19.8 Å². The summed E-state index contributed by atoms with van der Waals surface area (Å²) in [5.41, 5.74) is 2.39. The van der Waals surface area contributed by atoms with Gasteiger partial charge < -0.3 is 18.9 Å². The molecule has 2 rings (SSSR count). The van der Waals surface area contributed by atoms with Gasteiger partial charge in [-0.25, -0.2) is 0 Å². The molecule has 0 fully saturated rings. The van der Waals surface area contributed by atoms with E-state index in [1.807, 2.05) is 24.3 Å². The third-order valence-electron chi connectivity index (χ3n) is 4.14. The first kappa shape index (κ1) is 33.6. The summed E-state index contributed by atoms with van der Waals surface area (Å²) in [7, 11) is 3.30. The SMILES string of the molecule is C=C(C)C=O.COCCOC.O=C/C=C/c1ccc(OCc2ccc(OCCCC(F)(F)F)cc2)cc1. The van der Waals surface area contributed by atoms with Crippen molar-refractivity contribution >= 4 is 18.6 Å². The molecule has 2 aromatic rings. The molecule has 37 heavy (non-hydrogen) atoms. The fraction of sp³-hybridized carbons (Fsp3) is 0.357. The zero-order chi connectivity index (χ0) is 27.9. The zero-order valence-corrected chi connectivity index (χ0v) is 21.5. The van der Waals surface area contributed by atoms with Gasteiger partial charge in [0.2, 0.25) is 0 Å². The standard InChI is InChI=1S/C20H19F3O3.C4H10O2.C4H6O/c21-20(22,23)12-2-14-25-18-10-6-17(7-11-18)15-26-19-8-4-16(5-9-19)3-1-13-24;1-5-3-4-6-2;1-4(2)3-5/h1,3-11,13H,2,12,14-15H2;3-4H2,1-2H3;3H,1H2,2H3/b3-1+;;. The average Bonchev–Trinajstić information content (AvgIpc) is 2.89. The molecule has 2 aromatic carbocycles. The Hall–Kier alpha value is -3.43. The second kappa shape index (κ2) is 20.7. The van der Waals surface area contributed by atoms with Crippen LogP contribution in [0.15, 0.2) is 66.8 Å². The molecular weight excluding hydrogens is 489 g/mol. The van der Waals surface area contributed by atoms with E-state index in [2.05, 4.69) is 16.1 Å². The third kappa shape index (κ3) is 20.5. The van der Waals surface area contributed by atoms with Gasteiger partial charge in [-0.05, 0) is 60.4 Å². The number of aldehydes is 2. The van der Waals surface area contributed by atoms with Crippen LogP contribution in [-0.2, 0) is 25.7 Å². The Bertz CT molecular complexity index is 903. The summed E-state index contributed by atoms with van der Waals surface area (Å²) in [5.74, 6) is 1.22. The fourth-order valence-electron chi connectivity index (χ4n) is 2.30. The molecule has 204 valence electrons. The van der Waals surface area contributed by atoms with E-state index >= 15 is 0 Å². The second-order valence-corrected chi connectivity index (χ2v) is 7.51. The summed E-state index contributed by atoms with van der Waals surface area (Å²) in [4.78, 5) is 19.7. The van der Waals surface area contributed by atoms with E-state index in [4.69, 9.17) is 9.47 Å². The second-order valence-electron chi connectivity index (χ2n) is 7.51. The molecule has 0 aliphatic carbocycles. The highest BCUT2D eigenvalue weighted by Gasteiger charge is 2.26. The van der Waals surface area contributed by atoms with Gasteiger partial charge in [0.15, 0.2) is 0 Å². The number of carbonyl (C=O) groups excluding carboxylic acids is 2. The Morgan fingerprint density at radius 3 is 1.84 bits per heavy atom. The number of halogens is 3. The lowest BCUT2D eigenvalue weighted by atomic mass is 10.2. The molecule has 0 spiro atoms. The van der Waals surface area contributed by atoms with Gasteiger partial charge in [0.25, 0.3) is 0 Å². The van der Waals surface area contributed by atoms with Crippen LogP contribution in [0.5, 0.6) is 11.5 Å². The Balaban J connectivity index is 0.000000987. The molecule has 0 amide bonds. The van der Waals surface area contributed by atoms with Crippen LogP contribution in [0.1, 0.15) is 30.9 Å². The predicted octanol–water partition coefficient (Wildman–Crippen LogP) is 6.24. The minimum absolute atomic E-state index is 0.0280. The lowest BCUT2D eigenvalue weighted by Gasteiger charge is -2.10. The van der Waals surface area contributed by atoms with Crippen molar-refractivity contribution in [2.45, 2.75) is 32.5 Å². The largest absolute Gasteiger partial charge is 0.494 e. The summed E-state index contributed by atoms with van der Waals surface area (Å²) in [6.07, 6.45) is -0.497. The van der Waals surface area contributed by atoms with Gasteiger partial charge in [-0.15, -0.1) is 0 Å². The van der Waals surface area contributed by atoms with Crippen molar-refractivity contribution in [1.82, 2.24) is 0 Å². The maximum absolute atomic E-state index is 12.0. The van der Waals surface area contributed by atoms with Crippen molar-refractivity contribution in [2.24, 2.45) is 0 Å². The minimum Gasteiger partial charge on any atom is -0.494 e. The number of carbonyl (C=O) groups is 2. The van der Waals surface area contributed by atoms with Crippen molar-refractivity contribution in [3.05, 3.63) is 77.9 Å². The van der Waals surface area contributed by atoms with E-state index < -0.39 is 12.6 Å². The molecular formula is C28H35F3O6. The number of benzene rings is 2. The highest BCUT2D eigenvalue weighted by Crippen LogP contribution is 2.22. The predicted molar refractivity (Wildman–Crippen MR) is 138 cm³/mol. The van der Waals surface area contributed by atoms with E-state index in [9.17, 15) is 22.8 Å². The topological polar surface area (TPSA) is 71.1 Å². The van der Waals surface area contributed by atoms with Gasteiger partial charge >= 0.3 is 6.18 Å². The molecule has 0 radical (unpaired) electrons. The van der Waals surface area contributed by atoms with Crippen molar-refractivity contribution < 1.29 is 41.7 Å². The highest BCUT2D eigenvalue weighted by molar-refractivity contribution is 5.73. The molecule has 0 aromatic heterocycles. The van der Waals surface area contributed by atoms with Crippen molar-refractivity contribution in [3.63, 3.8) is 0 Å². The van der Waals surface area contributed by atoms with Crippen LogP contribution in [0.25, 0.3) is 6.08 Å². The fourth-order valence-corrected chi connectivity index (χ4v) is 2.30. The van der Waals surface area contributed by atoms with E-state index in [0.29, 0.717) is 43.2 Å². The lowest BCUT2D eigenvalue weighted by Crippen LogP contribution is -2.09. The van der Waals surface area contributed by atoms with Crippen LogP contribution in [0, 0.1) is 0 Å². The molecule has 0 saturated heterocycles. The van der Waals surface area contributed by atoms with Crippen molar-refractivity contribution in [1.29, 1.82) is 0 Å². The van der Waals surface area contributed by atoms with E-state index in [1.54, 1.807) is 51.5 Å². The van der Waals surface area contributed by atoms with E-state index in [-0.39, 0.29) is 13.0 Å². The van der Waals surface area contributed by atoms with Crippen LogP contribution in [0.3, 0.4) is 0 Å². The van der Waals surface area contributed by atoms with E-state index in [0.717, 1.165) is 17.4 Å². The minimum atomic E-state index is -4.15. The first-order valence-corrected chi connectivity index (χ1v) is 11.4. The summed E-state index contributed by atoms with van der Waals surface area (Å²) in [6.45, 7) is 6.73. The van der Waals surface area contributed by atoms with Crippen molar-refractivity contribution in [2.75, 3.05) is 34.0 Å². The average molecular weight is 525 g/mol. The Labute approximate surface area is 216 Å². The first-order valence-electron chi connectivity index (χ1n) is 11.4. The van der Waals surface area contributed by atoms with Gasteiger partial charge in [0.1, 0.15) is 30.7 Å². The van der Waals surface area contributed by atoms with E-state index in [1.165, 1.54) is 6.08 Å². The number of ether oxygens (including phenoxy) is 4. The Kier molecular flexibility index (Phi) is 18.8. The summed E-state index contributed by atoms with van der Waals surface area (Å²) in [5, 5.41) is 0. The summed E-state index contributed by atoms with van der Waals surface area (Å²) < 4.78 is 56.4. The molecule has 0 bridgehead atoms. The molecule has 0 saturated carbocycles. The molecule has 0 aliphatic rings. The number of allylic oxidation sites excluding steroid dienone is 2. The summed E-state index contributed by atoms with van der Waals surface area (Å²) >= 11 is 0. The molecule has 0 N–H and O–H groups in total. The smallest absolute Gasteiger partial charge is 0.389 e. The maximum atomic E-state index is 12.0. The number of rotatable bonds is 13. The Morgan fingerprint density at radius 1 is 0.865 bits per heavy atom. The Morgan fingerprint density at radius 2 is 1.38 bits per heavy atom.